The van der Waals surface area contributed by atoms with Gasteiger partial charge in [0.1, 0.15) is 0 Å². The van der Waals surface area contributed by atoms with Gasteiger partial charge in [-0.15, -0.1) is 0 Å². The van der Waals surface area contributed by atoms with E-state index in [1.807, 2.05) is 19.1 Å². The van der Waals surface area contributed by atoms with Crippen LogP contribution in [-0.2, 0) is 16.4 Å². The van der Waals surface area contributed by atoms with Crippen molar-refractivity contribution in [2.24, 2.45) is 11.3 Å². The minimum Gasteiger partial charge on any atom is -0.207 e. The van der Waals surface area contributed by atoms with Gasteiger partial charge in [-0.1, -0.05) is 48.0 Å². The third kappa shape index (κ3) is 2.17. The summed E-state index contributed by atoms with van der Waals surface area (Å²) >= 11 is 0. The molecule has 0 amide bonds. The number of aryl methyl sites for hydroxylation is 1. The normalized spacial score (nSPS) is 27.7. The lowest BCUT2D eigenvalue weighted by molar-refractivity contribution is 0.430. The second kappa shape index (κ2) is 5.05. The monoisotopic (exact) mass is 351 g/mol. The van der Waals surface area contributed by atoms with E-state index in [2.05, 4.69) is 30.3 Å². The Bertz CT molecular complexity index is 991. The van der Waals surface area contributed by atoms with Gasteiger partial charge < -0.3 is 0 Å². The molecule has 3 aliphatic rings. The predicted molar refractivity (Wildman–Crippen MR) is 98.6 cm³/mol. The average molecular weight is 351 g/mol. The third-order valence-corrected chi connectivity index (χ3v) is 7.97. The highest BCUT2D eigenvalue weighted by Crippen LogP contribution is 2.66. The Labute approximate surface area is 149 Å². The van der Waals surface area contributed by atoms with E-state index in [-0.39, 0.29) is 5.41 Å². The van der Waals surface area contributed by atoms with Crippen LogP contribution in [0.3, 0.4) is 0 Å². The number of piperidine rings is 1. The topological polar surface area (TPSA) is 37.4 Å². The number of benzene rings is 2. The SMILES string of the molecule is Cc1ccc(S(=O)(=O)N2C[C@H]3C[C@@]3(C3=CCc4ccccc43)C2)cc1. The summed E-state index contributed by atoms with van der Waals surface area (Å²) in [4.78, 5) is 0.412. The zero-order chi connectivity index (χ0) is 17.2. The minimum absolute atomic E-state index is 0.0460. The van der Waals surface area contributed by atoms with Crippen LogP contribution in [0.25, 0.3) is 5.57 Å². The van der Waals surface area contributed by atoms with Gasteiger partial charge in [0.25, 0.3) is 0 Å². The van der Waals surface area contributed by atoms with E-state index in [0.717, 1.165) is 18.4 Å². The lowest BCUT2D eigenvalue weighted by Gasteiger charge is -2.22. The first-order valence-electron chi connectivity index (χ1n) is 8.86. The van der Waals surface area contributed by atoms with E-state index in [1.165, 1.54) is 16.7 Å². The van der Waals surface area contributed by atoms with Gasteiger partial charge in [0.15, 0.2) is 0 Å². The number of fused-ring (bicyclic) bond motifs is 2. The Balaban J connectivity index is 1.45. The summed E-state index contributed by atoms with van der Waals surface area (Å²) in [6.45, 7) is 3.24. The fourth-order valence-electron chi connectivity index (χ4n) is 4.65. The molecule has 128 valence electrons. The van der Waals surface area contributed by atoms with Gasteiger partial charge in [0.2, 0.25) is 10.0 Å². The molecule has 0 bridgehead atoms. The van der Waals surface area contributed by atoms with Crippen LogP contribution in [0.4, 0.5) is 0 Å². The Morgan fingerprint density at radius 2 is 1.84 bits per heavy atom. The molecule has 1 saturated carbocycles. The molecule has 2 aromatic rings. The Morgan fingerprint density at radius 3 is 2.64 bits per heavy atom. The van der Waals surface area contributed by atoms with Crippen LogP contribution in [0.5, 0.6) is 0 Å². The molecule has 2 aliphatic carbocycles. The van der Waals surface area contributed by atoms with Gasteiger partial charge in [-0.25, -0.2) is 8.42 Å². The Morgan fingerprint density at radius 1 is 1.08 bits per heavy atom. The molecule has 0 unspecified atom stereocenters. The van der Waals surface area contributed by atoms with Crippen LogP contribution in [0.1, 0.15) is 23.1 Å². The number of nitrogens with zero attached hydrogens (tertiary/aromatic N) is 1. The van der Waals surface area contributed by atoms with Gasteiger partial charge in [-0.3, -0.25) is 0 Å². The zero-order valence-electron chi connectivity index (χ0n) is 14.3. The van der Waals surface area contributed by atoms with E-state index in [0.29, 0.717) is 23.9 Å². The number of allylic oxidation sites excluding steroid dienone is 1. The molecule has 0 spiro atoms. The van der Waals surface area contributed by atoms with Crippen LogP contribution in [-0.4, -0.2) is 25.8 Å². The molecule has 4 heteroatoms. The van der Waals surface area contributed by atoms with Crippen molar-refractivity contribution in [3.8, 4) is 0 Å². The maximum atomic E-state index is 13.0. The zero-order valence-corrected chi connectivity index (χ0v) is 15.1. The van der Waals surface area contributed by atoms with Crippen molar-refractivity contribution >= 4 is 15.6 Å². The number of hydrogen-bond acceptors (Lipinski definition) is 2. The lowest BCUT2D eigenvalue weighted by atomic mass is 9.90. The first kappa shape index (κ1) is 15.4. The van der Waals surface area contributed by atoms with Crippen molar-refractivity contribution in [2.45, 2.75) is 24.7 Å². The molecule has 0 radical (unpaired) electrons. The molecule has 1 saturated heterocycles. The molecular formula is C21H21NO2S. The van der Waals surface area contributed by atoms with Crippen LogP contribution in [0.15, 0.2) is 59.5 Å². The number of rotatable bonds is 3. The quantitative estimate of drug-likeness (QED) is 0.846. The molecular weight excluding hydrogens is 330 g/mol. The van der Waals surface area contributed by atoms with Gasteiger partial charge in [-0.05, 0) is 54.5 Å². The van der Waals surface area contributed by atoms with Crippen molar-refractivity contribution in [1.29, 1.82) is 0 Å². The van der Waals surface area contributed by atoms with E-state index in [1.54, 1.807) is 16.4 Å². The van der Waals surface area contributed by atoms with Crippen molar-refractivity contribution in [3.63, 3.8) is 0 Å². The molecule has 2 atom stereocenters. The van der Waals surface area contributed by atoms with Gasteiger partial charge >= 0.3 is 0 Å². The van der Waals surface area contributed by atoms with Gasteiger partial charge in [0.05, 0.1) is 4.90 Å². The third-order valence-electron chi connectivity index (χ3n) is 6.14. The number of hydrogen-bond donors (Lipinski definition) is 0. The molecule has 25 heavy (non-hydrogen) atoms. The predicted octanol–water partition coefficient (Wildman–Crippen LogP) is 3.65. The van der Waals surface area contributed by atoms with Crippen molar-refractivity contribution in [3.05, 3.63) is 71.3 Å². The molecule has 3 nitrogen and oxygen atoms in total. The second-order valence-corrected chi connectivity index (χ2v) is 9.58. The van der Waals surface area contributed by atoms with E-state index < -0.39 is 10.0 Å². The lowest BCUT2D eigenvalue weighted by Crippen LogP contribution is -2.32. The van der Waals surface area contributed by atoms with Crippen molar-refractivity contribution in [1.82, 2.24) is 4.31 Å². The Hall–Kier alpha value is -1.91. The van der Waals surface area contributed by atoms with Crippen LogP contribution in [0.2, 0.25) is 0 Å². The fraction of sp³-hybridized carbons (Fsp3) is 0.333. The summed E-state index contributed by atoms with van der Waals surface area (Å²) in [6.07, 6.45) is 4.42. The van der Waals surface area contributed by atoms with Crippen LogP contribution < -0.4 is 0 Å². The van der Waals surface area contributed by atoms with Crippen molar-refractivity contribution < 1.29 is 8.42 Å². The maximum absolute atomic E-state index is 13.0. The summed E-state index contributed by atoms with van der Waals surface area (Å²) < 4.78 is 27.7. The largest absolute Gasteiger partial charge is 0.243 e. The first-order valence-corrected chi connectivity index (χ1v) is 10.3. The molecule has 1 heterocycles. The summed E-state index contributed by atoms with van der Waals surface area (Å²) in [6, 6.07) is 15.7. The summed E-state index contributed by atoms with van der Waals surface area (Å²) in [5.74, 6) is 0.463. The van der Waals surface area contributed by atoms with Crippen molar-refractivity contribution in [2.75, 3.05) is 13.1 Å². The minimum atomic E-state index is -3.40. The highest BCUT2D eigenvalue weighted by atomic mass is 32.2. The molecule has 2 fully saturated rings. The molecule has 2 aromatic carbocycles. The molecule has 5 rings (SSSR count). The fourth-order valence-corrected chi connectivity index (χ4v) is 6.21. The maximum Gasteiger partial charge on any atom is 0.243 e. The van der Waals surface area contributed by atoms with Gasteiger partial charge in [0, 0.05) is 18.5 Å². The Kier molecular flexibility index (Phi) is 3.10. The van der Waals surface area contributed by atoms with E-state index in [4.69, 9.17) is 0 Å². The van der Waals surface area contributed by atoms with Gasteiger partial charge in [-0.2, -0.15) is 4.31 Å². The average Bonchev–Trinajstić information content (AvgIpc) is 2.97. The molecule has 0 N–H and O–H groups in total. The van der Waals surface area contributed by atoms with E-state index >= 15 is 0 Å². The highest BCUT2D eigenvalue weighted by Gasteiger charge is 2.64. The first-order chi connectivity index (χ1) is 12.0. The van der Waals surface area contributed by atoms with E-state index in [9.17, 15) is 8.42 Å². The van der Waals surface area contributed by atoms with Crippen LogP contribution in [0, 0.1) is 18.3 Å². The second-order valence-electron chi connectivity index (χ2n) is 7.65. The smallest absolute Gasteiger partial charge is 0.207 e. The van der Waals surface area contributed by atoms with Crippen LogP contribution >= 0.6 is 0 Å². The molecule has 0 aromatic heterocycles. The summed E-state index contributed by atoms with van der Waals surface area (Å²) in [5, 5.41) is 0. The number of sulfonamides is 1. The standard InChI is InChI=1S/C21H21NO2S/c1-15-6-9-18(10-7-15)25(23,24)22-13-17-12-21(17,14-22)20-11-8-16-4-2-3-5-19(16)20/h2-7,9-11,17H,8,12-14H2,1H3/t17-,21-/m1/s1. The highest BCUT2D eigenvalue weighted by molar-refractivity contribution is 7.89. The molecule has 1 aliphatic heterocycles. The summed E-state index contributed by atoms with van der Waals surface area (Å²) in [7, 11) is -3.40. The summed E-state index contributed by atoms with van der Waals surface area (Å²) in [5.41, 5.74) is 5.21.